The first-order valence-corrected chi connectivity index (χ1v) is 5.68. The molecule has 7 heteroatoms. The van der Waals surface area contributed by atoms with Crippen molar-refractivity contribution in [3.63, 3.8) is 0 Å². The molecule has 0 fully saturated rings. The Balaban J connectivity index is 2.45. The lowest BCUT2D eigenvalue weighted by Gasteiger charge is -2.12. The fourth-order valence-electron chi connectivity index (χ4n) is 1.47. The summed E-state index contributed by atoms with van der Waals surface area (Å²) in [5.74, 6) is -2.51. The van der Waals surface area contributed by atoms with Crippen LogP contribution in [0.15, 0.2) is 24.5 Å². The lowest BCUT2D eigenvalue weighted by Crippen LogP contribution is -2.43. The Labute approximate surface area is 109 Å². The van der Waals surface area contributed by atoms with E-state index in [1.807, 2.05) is 6.07 Å². The summed E-state index contributed by atoms with van der Waals surface area (Å²) >= 11 is 0. The van der Waals surface area contributed by atoms with Crippen molar-refractivity contribution in [3.8, 4) is 0 Å². The molecule has 1 atom stereocenters. The van der Waals surface area contributed by atoms with Gasteiger partial charge in [0.1, 0.15) is 6.04 Å². The largest absolute Gasteiger partial charge is 0.480 e. The van der Waals surface area contributed by atoms with E-state index in [1.165, 1.54) is 0 Å². The first kappa shape index (κ1) is 14.6. The standard InChI is InChI=1S/C12H15N3O4/c13-10(16)6-9(12(18)19)15-11(17)4-3-8-2-1-5-14-7-8/h1-2,5,7,9H,3-4,6H2,(H2,13,16)(H,15,17)(H,18,19)/t9-/m0/s1. The van der Waals surface area contributed by atoms with Crippen LogP contribution in [-0.2, 0) is 20.8 Å². The maximum Gasteiger partial charge on any atom is 0.326 e. The van der Waals surface area contributed by atoms with E-state index in [2.05, 4.69) is 10.3 Å². The Morgan fingerprint density at radius 2 is 2.16 bits per heavy atom. The maximum absolute atomic E-state index is 11.6. The molecule has 1 aromatic rings. The highest BCUT2D eigenvalue weighted by Gasteiger charge is 2.21. The van der Waals surface area contributed by atoms with Crippen molar-refractivity contribution in [2.24, 2.45) is 5.73 Å². The van der Waals surface area contributed by atoms with Crippen LogP contribution < -0.4 is 11.1 Å². The second-order valence-electron chi connectivity index (χ2n) is 3.99. The molecule has 1 aromatic heterocycles. The molecule has 0 aliphatic rings. The molecule has 0 aliphatic carbocycles. The van der Waals surface area contributed by atoms with Gasteiger partial charge in [0, 0.05) is 18.8 Å². The van der Waals surface area contributed by atoms with E-state index >= 15 is 0 Å². The van der Waals surface area contributed by atoms with Crippen molar-refractivity contribution >= 4 is 17.8 Å². The molecule has 0 aromatic carbocycles. The van der Waals surface area contributed by atoms with Crippen molar-refractivity contribution < 1.29 is 19.5 Å². The molecular formula is C12H15N3O4. The van der Waals surface area contributed by atoms with Gasteiger partial charge in [0.15, 0.2) is 0 Å². The number of hydrogen-bond acceptors (Lipinski definition) is 4. The van der Waals surface area contributed by atoms with E-state index in [0.717, 1.165) is 5.56 Å². The molecule has 1 heterocycles. The Hall–Kier alpha value is -2.44. The molecule has 7 nitrogen and oxygen atoms in total. The van der Waals surface area contributed by atoms with Gasteiger partial charge in [0.25, 0.3) is 0 Å². The predicted molar refractivity (Wildman–Crippen MR) is 65.9 cm³/mol. The maximum atomic E-state index is 11.6. The molecule has 0 bridgehead atoms. The number of pyridine rings is 1. The van der Waals surface area contributed by atoms with Crippen molar-refractivity contribution in [1.82, 2.24) is 10.3 Å². The molecule has 0 radical (unpaired) electrons. The van der Waals surface area contributed by atoms with E-state index in [-0.39, 0.29) is 6.42 Å². The van der Waals surface area contributed by atoms with E-state index in [1.54, 1.807) is 18.5 Å². The fraction of sp³-hybridized carbons (Fsp3) is 0.333. The van der Waals surface area contributed by atoms with Crippen LogP contribution in [-0.4, -0.2) is 33.9 Å². The number of nitrogens with zero attached hydrogens (tertiary/aromatic N) is 1. The van der Waals surface area contributed by atoms with Crippen LogP contribution in [0.3, 0.4) is 0 Å². The molecule has 4 N–H and O–H groups in total. The van der Waals surface area contributed by atoms with Crippen molar-refractivity contribution in [2.45, 2.75) is 25.3 Å². The third-order valence-corrected chi connectivity index (χ3v) is 2.40. The minimum Gasteiger partial charge on any atom is -0.480 e. The lowest BCUT2D eigenvalue weighted by molar-refractivity contribution is -0.143. The molecule has 0 aliphatic heterocycles. The molecule has 1 rings (SSSR count). The molecule has 0 spiro atoms. The predicted octanol–water partition coefficient (Wildman–Crippen LogP) is -0.541. The van der Waals surface area contributed by atoms with Gasteiger partial charge < -0.3 is 16.2 Å². The van der Waals surface area contributed by atoms with Gasteiger partial charge in [0.2, 0.25) is 11.8 Å². The van der Waals surface area contributed by atoms with Crippen molar-refractivity contribution in [3.05, 3.63) is 30.1 Å². The zero-order valence-electron chi connectivity index (χ0n) is 10.2. The molecule has 0 saturated heterocycles. The Morgan fingerprint density at radius 1 is 1.42 bits per heavy atom. The summed E-state index contributed by atoms with van der Waals surface area (Å²) < 4.78 is 0. The number of carboxylic acids is 1. The van der Waals surface area contributed by atoms with Gasteiger partial charge in [-0.05, 0) is 18.1 Å². The molecule has 102 valence electrons. The van der Waals surface area contributed by atoms with Gasteiger partial charge in [-0.1, -0.05) is 6.07 Å². The zero-order valence-corrected chi connectivity index (χ0v) is 10.2. The van der Waals surface area contributed by atoms with Crippen molar-refractivity contribution in [1.29, 1.82) is 0 Å². The summed E-state index contributed by atoms with van der Waals surface area (Å²) in [6.07, 6.45) is 3.40. The number of primary amides is 1. The van der Waals surface area contributed by atoms with E-state index < -0.39 is 30.2 Å². The SMILES string of the molecule is NC(=O)C[C@H](NC(=O)CCc1cccnc1)C(=O)O. The second kappa shape index (κ2) is 7.10. The Kier molecular flexibility index (Phi) is 5.46. The summed E-state index contributed by atoms with van der Waals surface area (Å²) in [5, 5.41) is 11.1. The number of hydrogen-bond donors (Lipinski definition) is 3. The van der Waals surface area contributed by atoms with Gasteiger partial charge in [0.05, 0.1) is 6.42 Å². The van der Waals surface area contributed by atoms with E-state index in [4.69, 9.17) is 10.8 Å². The first-order chi connectivity index (χ1) is 8.99. The summed E-state index contributed by atoms with van der Waals surface area (Å²) in [6.45, 7) is 0. The second-order valence-corrected chi connectivity index (χ2v) is 3.99. The number of aromatic nitrogens is 1. The fourth-order valence-corrected chi connectivity index (χ4v) is 1.47. The Morgan fingerprint density at radius 3 is 2.68 bits per heavy atom. The average molecular weight is 265 g/mol. The Bertz CT molecular complexity index is 461. The number of amides is 2. The minimum absolute atomic E-state index is 0.119. The third kappa shape index (κ3) is 5.62. The minimum atomic E-state index is -1.28. The highest BCUT2D eigenvalue weighted by atomic mass is 16.4. The van der Waals surface area contributed by atoms with E-state index in [9.17, 15) is 14.4 Å². The summed E-state index contributed by atoms with van der Waals surface area (Å²) in [7, 11) is 0. The first-order valence-electron chi connectivity index (χ1n) is 5.68. The molecule has 0 saturated carbocycles. The van der Waals surface area contributed by atoms with Gasteiger partial charge in [-0.25, -0.2) is 4.79 Å². The third-order valence-electron chi connectivity index (χ3n) is 2.40. The van der Waals surface area contributed by atoms with Gasteiger partial charge in [-0.3, -0.25) is 14.6 Å². The zero-order chi connectivity index (χ0) is 14.3. The molecular weight excluding hydrogens is 250 g/mol. The number of aliphatic carboxylic acids is 1. The average Bonchev–Trinajstić information content (AvgIpc) is 2.36. The lowest BCUT2D eigenvalue weighted by atomic mass is 10.1. The summed E-state index contributed by atoms with van der Waals surface area (Å²) in [5.41, 5.74) is 5.78. The smallest absolute Gasteiger partial charge is 0.326 e. The monoisotopic (exact) mass is 265 g/mol. The highest BCUT2D eigenvalue weighted by Crippen LogP contribution is 2.01. The number of nitrogens with two attached hydrogens (primary N) is 1. The molecule has 0 unspecified atom stereocenters. The van der Waals surface area contributed by atoms with Crippen LogP contribution in [0.4, 0.5) is 0 Å². The number of aryl methyl sites for hydroxylation is 1. The van der Waals surface area contributed by atoms with Crippen LogP contribution >= 0.6 is 0 Å². The van der Waals surface area contributed by atoms with Gasteiger partial charge in [-0.15, -0.1) is 0 Å². The number of carboxylic acid groups (broad SMARTS) is 1. The summed E-state index contributed by atoms with van der Waals surface area (Å²) in [6, 6.07) is 2.29. The molecule has 19 heavy (non-hydrogen) atoms. The number of nitrogens with one attached hydrogen (secondary N) is 1. The van der Waals surface area contributed by atoms with E-state index in [0.29, 0.717) is 6.42 Å². The van der Waals surface area contributed by atoms with Crippen molar-refractivity contribution in [2.75, 3.05) is 0 Å². The number of carbonyl (C=O) groups excluding carboxylic acids is 2. The van der Waals surface area contributed by atoms with Crippen LogP contribution in [0.5, 0.6) is 0 Å². The van der Waals surface area contributed by atoms with Gasteiger partial charge >= 0.3 is 5.97 Å². The normalized spacial score (nSPS) is 11.6. The van der Waals surface area contributed by atoms with Crippen LogP contribution in [0, 0.1) is 0 Å². The van der Waals surface area contributed by atoms with Crippen LogP contribution in [0.25, 0.3) is 0 Å². The van der Waals surface area contributed by atoms with Crippen LogP contribution in [0.1, 0.15) is 18.4 Å². The number of rotatable bonds is 7. The van der Waals surface area contributed by atoms with Gasteiger partial charge in [-0.2, -0.15) is 0 Å². The quantitative estimate of drug-likeness (QED) is 0.611. The molecule has 2 amide bonds. The highest BCUT2D eigenvalue weighted by molar-refractivity contribution is 5.88. The number of carbonyl (C=O) groups is 3. The van der Waals surface area contributed by atoms with Crippen LogP contribution in [0.2, 0.25) is 0 Å². The summed E-state index contributed by atoms with van der Waals surface area (Å²) in [4.78, 5) is 37.0. The topological polar surface area (TPSA) is 122 Å².